The average Bonchev–Trinajstić information content (AvgIpc) is 2.59. The van der Waals surface area contributed by atoms with Crippen molar-refractivity contribution in [1.82, 2.24) is 9.97 Å². The summed E-state index contributed by atoms with van der Waals surface area (Å²) in [6.45, 7) is 5.55. The van der Waals surface area contributed by atoms with Crippen LogP contribution in [0.5, 0.6) is 0 Å². The van der Waals surface area contributed by atoms with E-state index in [0.29, 0.717) is 34.9 Å². The Bertz CT molecular complexity index is 996. The number of aromatic nitrogens is 2. The molecule has 0 unspecified atom stereocenters. The number of amides is 1. The molecule has 6 nitrogen and oxygen atoms in total. The highest BCUT2D eigenvalue weighted by molar-refractivity contribution is 8.45. The number of anilines is 3. The summed E-state index contributed by atoms with van der Waals surface area (Å²) in [6, 6.07) is 2.28. The van der Waals surface area contributed by atoms with E-state index < -0.39 is 21.2 Å². The minimum atomic E-state index is -9.69. The van der Waals surface area contributed by atoms with Crippen LogP contribution in [0.3, 0.4) is 0 Å². The van der Waals surface area contributed by atoms with Gasteiger partial charge in [-0.05, 0) is 30.5 Å². The Morgan fingerprint density at radius 2 is 1.73 bits per heavy atom. The zero-order valence-corrected chi connectivity index (χ0v) is 17.5. The number of rotatable bonds is 5. The SMILES string of the molecule is Cc1nc(NCc2ccc(S(F)(F)(F)(F)F)cc2)nc2c1NC(=O)[C@H](C(C)C)N2C. The Labute approximate surface area is 170 Å². The first kappa shape index (κ1) is 22.1. The molecule has 1 amide bonds. The van der Waals surface area contributed by atoms with Gasteiger partial charge in [-0.1, -0.05) is 45.4 Å². The number of aryl methyl sites for hydroxylation is 1. The van der Waals surface area contributed by atoms with Gasteiger partial charge in [0, 0.05) is 13.6 Å². The van der Waals surface area contributed by atoms with Crippen molar-refractivity contribution >= 4 is 33.6 Å². The topological polar surface area (TPSA) is 70.1 Å². The smallest absolute Gasteiger partial charge is 0.310 e. The molecule has 0 aliphatic carbocycles. The molecule has 0 saturated carbocycles. The van der Waals surface area contributed by atoms with Gasteiger partial charge in [0.05, 0.1) is 5.69 Å². The third kappa shape index (κ3) is 4.42. The summed E-state index contributed by atoms with van der Waals surface area (Å²) in [7, 11) is -7.94. The summed E-state index contributed by atoms with van der Waals surface area (Å²) >= 11 is 0. The summed E-state index contributed by atoms with van der Waals surface area (Å²) in [5, 5.41) is 5.70. The van der Waals surface area contributed by atoms with Gasteiger partial charge in [0.25, 0.3) is 0 Å². The second-order valence-corrected chi connectivity index (χ2v) is 10.00. The Morgan fingerprint density at radius 1 is 1.13 bits per heavy atom. The number of likely N-dealkylation sites (N-methyl/N-ethyl adjacent to an activating group) is 1. The highest BCUT2D eigenvalue weighted by atomic mass is 32.5. The zero-order valence-electron chi connectivity index (χ0n) is 16.7. The minimum Gasteiger partial charge on any atom is -0.350 e. The third-order valence-electron chi connectivity index (χ3n) is 4.79. The first-order valence-electron chi connectivity index (χ1n) is 9.06. The van der Waals surface area contributed by atoms with Crippen LogP contribution in [-0.2, 0) is 11.3 Å². The van der Waals surface area contributed by atoms with E-state index in [1.165, 1.54) is 0 Å². The molecule has 0 spiro atoms. The standard InChI is InChI=1S/C18H22F5N5OS/c1-10(2)15-17(29)26-14-11(3)25-18(27-16(14)28(15)4)24-9-12-5-7-13(8-6-12)30(19,20,21,22)23/h5-8,10,15H,9H2,1-4H3,(H,26,29)(H,24,25,27)/t15-/m0/s1. The molecule has 1 aromatic carbocycles. The Balaban J connectivity index is 1.81. The van der Waals surface area contributed by atoms with Crippen molar-refractivity contribution in [3.63, 3.8) is 0 Å². The quantitative estimate of drug-likeness (QED) is 0.590. The van der Waals surface area contributed by atoms with Gasteiger partial charge in [-0.2, -0.15) is 4.98 Å². The summed E-state index contributed by atoms with van der Waals surface area (Å²) in [5.74, 6) is 0.590. The summed E-state index contributed by atoms with van der Waals surface area (Å²) < 4.78 is 64.1. The fourth-order valence-electron chi connectivity index (χ4n) is 3.34. The van der Waals surface area contributed by atoms with E-state index in [-0.39, 0.29) is 24.3 Å². The molecule has 1 aliphatic rings. The maximum atomic E-state index is 12.8. The lowest BCUT2D eigenvalue weighted by Crippen LogP contribution is -2.49. The number of nitrogens with zero attached hydrogens (tertiary/aromatic N) is 3. The van der Waals surface area contributed by atoms with Crippen molar-refractivity contribution in [3.8, 4) is 0 Å². The predicted molar refractivity (Wildman–Crippen MR) is 108 cm³/mol. The van der Waals surface area contributed by atoms with E-state index in [2.05, 4.69) is 20.6 Å². The Hall–Kier alpha value is -2.63. The number of nitrogens with one attached hydrogen (secondary N) is 2. The molecule has 30 heavy (non-hydrogen) atoms. The van der Waals surface area contributed by atoms with Crippen molar-refractivity contribution < 1.29 is 24.2 Å². The Kier molecular flexibility index (Phi) is 4.73. The first-order valence-corrected chi connectivity index (χ1v) is 11.0. The molecule has 0 bridgehead atoms. The van der Waals surface area contributed by atoms with E-state index in [0.717, 1.165) is 12.1 Å². The number of hydrogen-bond acceptors (Lipinski definition) is 5. The van der Waals surface area contributed by atoms with Crippen molar-refractivity contribution in [3.05, 3.63) is 35.5 Å². The van der Waals surface area contributed by atoms with Crippen LogP contribution < -0.4 is 15.5 Å². The number of halogens is 5. The normalized spacial score (nSPS) is 19.1. The van der Waals surface area contributed by atoms with Crippen LogP contribution in [0.25, 0.3) is 0 Å². The molecule has 1 atom stereocenters. The lowest BCUT2D eigenvalue weighted by Gasteiger charge is -2.40. The van der Waals surface area contributed by atoms with Gasteiger partial charge in [0.1, 0.15) is 16.6 Å². The summed E-state index contributed by atoms with van der Waals surface area (Å²) in [5.41, 5.74) is 1.35. The number of carbonyl (C=O) groups is 1. The van der Waals surface area contributed by atoms with E-state index in [4.69, 9.17) is 0 Å². The molecule has 0 fully saturated rings. The molecule has 166 valence electrons. The fourth-order valence-corrected chi connectivity index (χ4v) is 3.99. The fraction of sp³-hybridized carbons (Fsp3) is 0.389. The van der Waals surface area contributed by atoms with Crippen molar-refractivity contribution in [2.24, 2.45) is 5.92 Å². The van der Waals surface area contributed by atoms with Crippen LogP contribution in [0, 0.1) is 12.8 Å². The van der Waals surface area contributed by atoms with Crippen LogP contribution >= 0.6 is 10.2 Å². The number of carbonyl (C=O) groups excluding carboxylic acids is 1. The van der Waals surface area contributed by atoms with Gasteiger partial charge >= 0.3 is 10.2 Å². The highest BCUT2D eigenvalue weighted by Crippen LogP contribution is 3.02. The number of fused-ring (bicyclic) bond motifs is 1. The van der Waals surface area contributed by atoms with Gasteiger partial charge in [0.15, 0.2) is 5.82 Å². The predicted octanol–water partition coefficient (Wildman–Crippen LogP) is 5.47. The van der Waals surface area contributed by atoms with Crippen LogP contribution in [0.2, 0.25) is 0 Å². The minimum absolute atomic E-state index is 0.0302. The van der Waals surface area contributed by atoms with E-state index in [1.54, 1.807) is 18.9 Å². The van der Waals surface area contributed by atoms with Crippen LogP contribution in [0.1, 0.15) is 25.1 Å². The van der Waals surface area contributed by atoms with E-state index >= 15 is 0 Å². The molecule has 0 radical (unpaired) electrons. The maximum absolute atomic E-state index is 12.8. The lowest BCUT2D eigenvalue weighted by atomic mass is 9.99. The third-order valence-corrected chi connectivity index (χ3v) is 5.95. The zero-order chi connectivity index (χ0) is 22.5. The van der Waals surface area contributed by atoms with E-state index in [9.17, 15) is 24.2 Å². The molecular weight excluding hydrogens is 429 g/mol. The molecule has 2 heterocycles. The van der Waals surface area contributed by atoms with E-state index in [1.807, 2.05) is 13.8 Å². The molecular formula is C18H22F5N5OS. The maximum Gasteiger partial charge on any atom is 0.310 e. The summed E-state index contributed by atoms with van der Waals surface area (Å²) in [4.78, 5) is 20.8. The molecule has 1 aromatic heterocycles. The summed E-state index contributed by atoms with van der Waals surface area (Å²) in [6.07, 6.45) is 0. The van der Waals surface area contributed by atoms with Crippen LogP contribution in [0.15, 0.2) is 29.2 Å². The molecule has 2 aromatic rings. The van der Waals surface area contributed by atoms with Crippen LogP contribution in [-0.4, -0.2) is 29.0 Å². The molecule has 12 heteroatoms. The largest absolute Gasteiger partial charge is 0.350 e. The number of benzene rings is 1. The van der Waals surface area contributed by atoms with Gasteiger partial charge in [-0.15, -0.1) is 0 Å². The molecule has 2 N–H and O–H groups in total. The Morgan fingerprint density at radius 3 is 2.27 bits per heavy atom. The van der Waals surface area contributed by atoms with Crippen molar-refractivity contribution in [2.75, 3.05) is 22.6 Å². The van der Waals surface area contributed by atoms with Gasteiger partial charge in [-0.3, -0.25) is 4.79 Å². The highest BCUT2D eigenvalue weighted by Gasteiger charge is 2.65. The average molecular weight is 451 g/mol. The van der Waals surface area contributed by atoms with Gasteiger partial charge in [-0.25, -0.2) is 4.98 Å². The monoisotopic (exact) mass is 451 g/mol. The molecule has 3 rings (SSSR count). The first-order chi connectivity index (χ1) is 13.6. The van der Waals surface area contributed by atoms with Gasteiger partial charge in [0.2, 0.25) is 11.9 Å². The van der Waals surface area contributed by atoms with Crippen molar-refractivity contribution in [1.29, 1.82) is 0 Å². The van der Waals surface area contributed by atoms with Crippen molar-refractivity contribution in [2.45, 2.75) is 38.3 Å². The number of hydrogen-bond donors (Lipinski definition) is 2. The molecule has 1 aliphatic heterocycles. The molecule has 0 saturated heterocycles. The van der Waals surface area contributed by atoms with Gasteiger partial charge < -0.3 is 15.5 Å². The lowest BCUT2D eigenvalue weighted by molar-refractivity contribution is -0.118. The van der Waals surface area contributed by atoms with Crippen LogP contribution in [0.4, 0.5) is 36.9 Å². The second-order valence-electron chi connectivity index (χ2n) is 7.59. The second kappa shape index (κ2) is 6.43.